The smallest absolute Gasteiger partial charge is 0.136 e. The van der Waals surface area contributed by atoms with Gasteiger partial charge in [-0.2, -0.15) is 5.26 Å². The molecule has 2 atom stereocenters. The summed E-state index contributed by atoms with van der Waals surface area (Å²) in [6, 6.07) is 2.18. The topological polar surface area (TPSA) is 52.9 Å². The van der Waals surface area contributed by atoms with Crippen molar-refractivity contribution in [1.82, 2.24) is 5.32 Å². The van der Waals surface area contributed by atoms with Crippen LogP contribution in [-0.2, 0) is 4.79 Å². The standard InChI is InChI=1S/C10H16N2O/c11-5-1-3-9-4-2-6-12-10(7-9)8-13/h8-10,12H,1-4,6-7H2. The molecule has 1 aliphatic heterocycles. The Morgan fingerprint density at radius 3 is 3.15 bits per heavy atom. The molecule has 1 rings (SSSR count). The van der Waals surface area contributed by atoms with Gasteiger partial charge >= 0.3 is 0 Å². The fraction of sp³-hybridized carbons (Fsp3) is 0.800. The molecule has 13 heavy (non-hydrogen) atoms. The van der Waals surface area contributed by atoms with Crippen molar-refractivity contribution < 1.29 is 4.79 Å². The van der Waals surface area contributed by atoms with Crippen molar-refractivity contribution in [3.05, 3.63) is 0 Å². The summed E-state index contributed by atoms with van der Waals surface area (Å²) in [6.07, 6.45) is 5.74. The highest BCUT2D eigenvalue weighted by atomic mass is 16.1. The minimum Gasteiger partial charge on any atom is -0.308 e. The molecule has 0 aromatic carbocycles. The molecule has 0 aliphatic carbocycles. The number of carbonyl (C=O) groups excluding carboxylic acids is 1. The third-order valence-electron chi connectivity index (χ3n) is 2.61. The van der Waals surface area contributed by atoms with Crippen LogP contribution in [0.4, 0.5) is 0 Å². The predicted octanol–water partition coefficient (Wildman–Crippen LogP) is 1.25. The lowest BCUT2D eigenvalue weighted by Gasteiger charge is -2.14. The van der Waals surface area contributed by atoms with Crippen LogP contribution in [0.25, 0.3) is 0 Å². The van der Waals surface area contributed by atoms with Crippen LogP contribution < -0.4 is 5.32 Å². The van der Waals surface area contributed by atoms with Crippen molar-refractivity contribution in [3.63, 3.8) is 0 Å². The number of nitrogens with one attached hydrogen (secondary N) is 1. The Hall–Kier alpha value is -0.880. The van der Waals surface area contributed by atoms with E-state index in [9.17, 15) is 4.79 Å². The highest BCUT2D eigenvalue weighted by Crippen LogP contribution is 2.21. The van der Waals surface area contributed by atoms with E-state index in [0.717, 1.165) is 38.5 Å². The molecule has 0 saturated carbocycles. The number of rotatable bonds is 3. The SMILES string of the molecule is N#CCCC1CCCNC(C=O)C1. The number of nitrogens with zero attached hydrogens (tertiary/aromatic N) is 1. The van der Waals surface area contributed by atoms with Gasteiger partial charge in [0.15, 0.2) is 0 Å². The Kier molecular flexibility index (Phi) is 4.48. The third-order valence-corrected chi connectivity index (χ3v) is 2.61. The Labute approximate surface area is 79.1 Å². The first-order valence-corrected chi connectivity index (χ1v) is 4.92. The molecule has 0 aromatic heterocycles. The fourth-order valence-corrected chi connectivity index (χ4v) is 1.87. The van der Waals surface area contributed by atoms with Crippen LogP contribution in [0, 0.1) is 17.2 Å². The first-order valence-electron chi connectivity index (χ1n) is 4.92. The van der Waals surface area contributed by atoms with Gasteiger partial charge in [0, 0.05) is 6.42 Å². The molecule has 2 unspecified atom stereocenters. The van der Waals surface area contributed by atoms with E-state index in [2.05, 4.69) is 11.4 Å². The second kappa shape index (κ2) is 5.71. The van der Waals surface area contributed by atoms with Gasteiger partial charge in [0.1, 0.15) is 6.29 Å². The Balaban J connectivity index is 2.35. The summed E-state index contributed by atoms with van der Waals surface area (Å²) in [5.41, 5.74) is 0. The van der Waals surface area contributed by atoms with Crippen LogP contribution in [0.1, 0.15) is 32.1 Å². The first kappa shape index (κ1) is 10.2. The summed E-state index contributed by atoms with van der Waals surface area (Å²) in [5, 5.41) is 11.6. The molecule has 1 saturated heterocycles. The van der Waals surface area contributed by atoms with E-state index in [0.29, 0.717) is 12.3 Å². The lowest BCUT2D eigenvalue weighted by Crippen LogP contribution is -2.30. The Morgan fingerprint density at radius 1 is 1.62 bits per heavy atom. The van der Waals surface area contributed by atoms with Crippen LogP contribution in [-0.4, -0.2) is 18.9 Å². The van der Waals surface area contributed by atoms with Gasteiger partial charge in [-0.1, -0.05) is 0 Å². The van der Waals surface area contributed by atoms with Crippen LogP contribution in [0.5, 0.6) is 0 Å². The number of hydrogen-bond acceptors (Lipinski definition) is 3. The molecule has 0 spiro atoms. The molecule has 1 heterocycles. The van der Waals surface area contributed by atoms with Crippen molar-refractivity contribution in [2.45, 2.75) is 38.1 Å². The number of nitriles is 1. The van der Waals surface area contributed by atoms with Gasteiger partial charge in [0.2, 0.25) is 0 Å². The molecule has 3 heteroatoms. The molecule has 1 aliphatic rings. The van der Waals surface area contributed by atoms with Crippen molar-refractivity contribution in [2.75, 3.05) is 6.54 Å². The maximum Gasteiger partial charge on any atom is 0.136 e. The van der Waals surface area contributed by atoms with Crippen molar-refractivity contribution in [2.24, 2.45) is 5.92 Å². The maximum absolute atomic E-state index is 10.6. The molecule has 0 aromatic rings. The van der Waals surface area contributed by atoms with E-state index in [-0.39, 0.29) is 6.04 Å². The molecule has 1 fully saturated rings. The normalized spacial score (nSPS) is 28.8. The van der Waals surface area contributed by atoms with Gasteiger partial charge < -0.3 is 10.1 Å². The number of aldehydes is 1. The van der Waals surface area contributed by atoms with E-state index in [4.69, 9.17) is 5.26 Å². The van der Waals surface area contributed by atoms with Crippen LogP contribution in [0.3, 0.4) is 0 Å². The van der Waals surface area contributed by atoms with Crippen molar-refractivity contribution in [1.29, 1.82) is 5.26 Å². The molecule has 3 nitrogen and oxygen atoms in total. The predicted molar refractivity (Wildman–Crippen MR) is 50.0 cm³/mol. The average molecular weight is 180 g/mol. The highest BCUT2D eigenvalue weighted by Gasteiger charge is 2.18. The lowest BCUT2D eigenvalue weighted by atomic mass is 9.93. The van der Waals surface area contributed by atoms with Crippen LogP contribution in [0.2, 0.25) is 0 Å². The monoisotopic (exact) mass is 180 g/mol. The summed E-state index contributed by atoms with van der Waals surface area (Å²) in [7, 11) is 0. The van der Waals surface area contributed by atoms with Crippen molar-refractivity contribution >= 4 is 6.29 Å². The van der Waals surface area contributed by atoms with Gasteiger partial charge in [-0.05, 0) is 38.1 Å². The number of hydrogen-bond donors (Lipinski definition) is 1. The summed E-state index contributed by atoms with van der Waals surface area (Å²) in [5.74, 6) is 0.560. The highest BCUT2D eigenvalue weighted by molar-refractivity contribution is 5.57. The van der Waals surface area contributed by atoms with Gasteiger partial charge in [-0.25, -0.2) is 0 Å². The van der Waals surface area contributed by atoms with E-state index < -0.39 is 0 Å². The second-order valence-electron chi connectivity index (χ2n) is 3.64. The molecule has 0 bridgehead atoms. The van der Waals surface area contributed by atoms with E-state index in [1.54, 1.807) is 0 Å². The molecular weight excluding hydrogens is 164 g/mol. The third kappa shape index (κ3) is 3.56. The summed E-state index contributed by atoms with van der Waals surface area (Å²) in [4.78, 5) is 10.6. The zero-order valence-electron chi connectivity index (χ0n) is 7.83. The molecular formula is C10H16N2O. The van der Waals surface area contributed by atoms with Crippen LogP contribution in [0.15, 0.2) is 0 Å². The summed E-state index contributed by atoms with van der Waals surface area (Å²) in [6.45, 7) is 0.937. The van der Waals surface area contributed by atoms with Gasteiger partial charge in [-0.15, -0.1) is 0 Å². The minimum atomic E-state index is 0.0196. The molecule has 1 N–H and O–H groups in total. The quantitative estimate of drug-likeness (QED) is 0.665. The second-order valence-corrected chi connectivity index (χ2v) is 3.64. The lowest BCUT2D eigenvalue weighted by molar-refractivity contribution is -0.109. The molecule has 72 valence electrons. The Morgan fingerprint density at radius 2 is 2.46 bits per heavy atom. The van der Waals surface area contributed by atoms with Crippen LogP contribution >= 0.6 is 0 Å². The molecule has 0 amide bonds. The molecule has 0 radical (unpaired) electrons. The maximum atomic E-state index is 10.6. The van der Waals surface area contributed by atoms with Gasteiger partial charge in [0.05, 0.1) is 12.1 Å². The Bertz CT molecular complexity index is 198. The van der Waals surface area contributed by atoms with Gasteiger partial charge in [0.25, 0.3) is 0 Å². The van der Waals surface area contributed by atoms with E-state index >= 15 is 0 Å². The zero-order chi connectivity index (χ0) is 9.52. The van der Waals surface area contributed by atoms with E-state index in [1.807, 2.05) is 0 Å². The largest absolute Gasteiger partial charge is 0.308 e. The summed E-state index contributed by atoms with van der Waals surface area (Å²) >= 11 is 0. The van der Waals surface area contributed by atoms with Crippen molar-refractivity contribution in [3.8, 4) is 6.07 Å². The minimum absolute atomic E-state index is 0.0196. The average Bonchev–Trinajstić information content (AvgIpc) is 2.39. The first-order chi connectivity index (χ1) is 6.36. The van der Waals surface area contributed by atoms with E-state index in [1.165, 1.54) is 0 Å². The zero-order valence-corrected chi connectivity index (χ0v) is 7.83. The number of carbonyl (C=O) groups is 1. The van der Waals surface area contributed by atoms with Gasteiger partial charge in [-0.3, -0.25) is 0 Å². The summed E-state index contributed by atoms with van der Waals surface area (Å²) < 4.78 is 0. The fourth-order valence-electron chi connectivity index (χ4n) is 1.87.